The first-order valence-corrected chi connectivity index (χ1v) is 8.55. The van der Waals surface area contributed by atoms with E-state index in [0.29, 0.717) is 0 Å². The van der Waals surface area contributed by atoms with Gasteiger partial charge in [-0.25, -0.2) is 0 Å². The summed E-state index contributed by atoms with van der Waals surface area (Å²) in [6.07, 6.45) is 4.88. The minimum absolute atomic E-state index is 0.118. The van der Waals surface area contributed by atoms with Crippen LogP contribution < -0.4 is 0 Å². The highest BCUT2D eigenvalue weighted by molar-refractivity contribution is 6.74. The van der Waals surface area contributed by atoms with Gasteiger partial charge >= 0.3 is 0 Å². The van der Waals surface area contributed by atoms with Crippen molar-refractivity contribution in [1.82, 2.24) is 0 Å². The molecule has 0 aromatic heterocycles. The summed E-state index contributed by atoms with van der Waals surface area (Å²) in [4.78, 5) is 0. The molecule has 0 saturated carbocycles. The van der Waals surface area contributed by atoms with Gasteiger partial charge in [0.1, 0.15) is 0 Å². The molecule has 90 valence electrons. The van der Waals surface area contributed by atoms with E-state index in [-0.39, 0.29) is 17.7 Å². The average Bonchev–Trinajstić information content (AvgIpc) is 2.01. The van der Waals surface area contributed by atoms with Crippen molar-refractivity contribution in [3.63, 3.8) is 0 Å². The first-order chi connectivity index (χ1) is 6.70. The average molecular weight is 230 g/mol. The van der Waals surface area contributed by atoms with Gasteiger partial charge in [-0.15, -0.1) is 0 Å². The molecule has 0 aliphatic heterocycles. The summed E-state index contributed by atoms with van der Waals surface area (Å²) in [5.41, 5.74) is 0. The van der Waals surface area contributed by atoms with Gasteiger partial charge in [0, 0.05) is 6.10 Å². The molecule has 0 bridgehead atoms. The Hall–Kier alpha value is -0.123. The van der Waals surface area contributed by atoms with Crippen LogP contribution >= 0.6 is 0 Å². The summed E-state index contributed by atoms with van der Waals surface area (Å²) in [5.74, 6) is 0. The van der Waals surface area contributed by atoms with E-state index in [1.54, 1.807) is 6.08 Å². The molecule has 0 rings (SSSR count). The Morgan fingerprint density at radius 1 is 1.27 bits per heavy atom. The monoisotopic (exact) mass is 230 g/mol. The highest BCUT2D eigenvalue weighted by atomic mass is 28.4. The fourth-order valence-electron chi connectivity index (χ4n) is 1.09. The minimum atomic E-state index is -1.62. The lowest BCUT2D eigenvalue weighted by Gasteiger charge is -2.38. The number of hydrogen-bond acceptors (Lipinski definition) is 2. The van der Waals surface area contributed by atoms with Crippen LogP contribution in [-0.4, -0.2) is 26.1 Å². The predicted octanol–water partition coefficient (Wildman–Crippen LogP) is 3.34. The Morgan fingerprint density at radius 3 is 2.20 bits per heavy atom. The van der Waals surface area contributed by atoms with Crippen LogP contribution in [0.5, 0.6) is 0 Å². The van der Waals surface area contributed by atoms with Crippen LogP contribution in [0.1, 0.15) is 34.1 Å². The number of aliphatic hydroxyl groups excluding tert-OH is 1. The molecule has 0 heterocycles. The van der Waals surface area contributed by atoms with E-state index >= 15 is 0 Å². The first-order valence-electron chi connectivity index (χ1n) is 5.64. The second kappa shape index (κ2) is 5.82. The van der Waals surface area contributed by atoms with Crippen molar-refractivity contribution in [2.75, 3.05) is 6.61 Å². The molecule has 0 radical (unpaired) electrons. The number of rotatable bonds is 5. The molecule has 0 aromatic carbocycles. The summed E-state index contributed by atoms with van der Waals surface area (Å²) in [6.45, 7) is 13.5. The lowest BCUT2D eigenvalue weighted by atomic mass is 10.2. The van der Waals surface area contributed by atoms with Gasteiger partial charge in [0.25, 0.3) is 0 Å². The Bertz CT molecular complexity index is 204. The van der Waals surface area contributed by atoms with E-state index in [2.05, 4.69) is 40.8 Å². The molecule has 3 heteroatoms. The fourth-order valence-corrected chi connectivity index (χ4v) is 2.55. The van der Waals surface area contributed by atoms with Crippen molar-refractivity contribution < 1.29 is 9.53 Å². The van der Waals surface area contributed by atoms with E-state index in [0.717, 1.165) is 6.42 Å². The van der Waals surface area contributed by atoms with Gasteiger partial charge in [-0.1, -0.05) is 32.9 Å². The van der Waals surface area contributed by atoms with Crippen LogP contribution in [0.25, 0.3) is 0 Å². The summed E-state index contributed by atoms with van der Waals surface area (Å²) >= 11 is 0. The fraction of sp³-hybridized carbons (Fsp3) is 0.833. The van der Waals surface area contributed by atoms with Gasteiger partial charge in [-0.05, 0) is 31.5 Å². The summed E-state index contributed by atoms with van der Waals surface area (Å²) in [7, 11) is -1.62. The molecule has 0 aromatic rings. The summed E-state index contributed by atoms with van der Waals surface area (Å²) < 4.78 is 6.15. The maximum absolute atomic E-state index is 8.62. The zero-order valence-corrected chi connectivity index (χ0v) is 12.0. The van der Waals surface area contributed by atoms with Crippen LogP contribution in [0.3, 0.4) is 0 Å². The van der Waals surface area contributed by atoms with Crippen molar-refractivity contribution in [2.24, 2.45) is 0 Å². The molecule has 0 unspecified atom stereocenters. The van der Waals surface area contributed by atoms with Gasteiger partial charge in [0.05, 0.1) is 6.61 Å². The van der Waals surface area contributed by atoms with Crippen LogP contribution in [-0.2, 0) is 4.43 Å². The molecular formula is C12H26O2Si. The molecule has 15 heavy (non-hydrogen) atoms. The van der Waals surface area contributed by atoms with Crippen molar-refractivity contribution >= 4 is 8.32 Å². The minimum Gasteiger partial charge on any atom is -0.414 e. The van der Waals surface area contributed by atoms with Gasteiger partial charge < -0.3 is 9.53 Å². The normalized spacial score (nSPS) is 15.9. The maximum atomic E-state index is 8.62. The molecule has 0 aliphatic rings. The second-order valence-electron chi connectivity index (χ2n) is 5.58. The largest absolute Gasteiger partial charge is 0.414 e. The van der Waals surface area contributed by atoms with Crippen LogP contribution in [0.4, 0.5) is 0 Å². The van der Waals surface area contributed by atoms with Crippen molar-refractivity contribution in [2.45, 2.75) is 58.4 Å². The molecule has 0 aliphatic carbocycles. The smallest absolute Gasteiger partial charge is 0.192 e. The highest BCUT2D eigenvalue weighted by Crippen LogP contribution is 2.37. The summed E-state index contributed by atoms with van der Waals surface area (Å²) in [5, 5.41) is 8.89. The van der Waals surface area contributed by atoms with Gasteiger partial charge in [-0.2, -0.15) is 0 Å². The Kier molecular flexibility index (Phi) is 5.78. The predicted molar refractivity (Wildman–Crippen MR) is 68.6 cm³/mol. The molecule has 0 fully saturated rings. The van der Waals surface area contributed by atoms with E-state index in [4.69, 9.17) is 9.53 Å². The van der Waals surface area contributed by atoms with Gasteiger partial charge in [0.15, 0.2) is 8.32 Å². The Morgan fingerprint density at radius 2 is 1.80 bits per heavy atom. The van der Waals surface area contributed by atoms with Crippen molar-refractivity contribution in [1.29, 1.82) is 0 Å². The van der Waals surface area contributed by atoms with Crippen LogP contribution in [0, 0.1) is 0 Å². The quantitative estimate of drug-likeness (QED) is 0.580. The number of aliphatic hydroxyl groups is 1. The maximum Gasteiger partial charge on any atom is 0.192 e. The second-order valence-corrected chi connectivity index (χ2v) is 10.3. The first kappa shape index (κ1) is 14.9. The topological polar surface area (TPSA) is 29.5 Å². The van der Waals surface area contributed by atoms with Crippen LogP contribution in [0.2, 0.25) is 18.1 Å². The number of hydrogen-bond donors (Lipinski definition) is 1. The Balaban J connectivity index is 4.16. The van der Waals surface area contributed by atoms with E-state index in [1.165, 1.54) is 0 Å². The molecule has 1 atom stereocenters. The SMILES string of the molecule is C[C@H](CC=CCO)O[Si](C)(C)C(C)(C)C. The van der Waals surface area contributed by atoms with E-state index in [9.17, 15) is 0 Å². The third kappa shape index (κ3) is 5.49. The molecule has 0 saturated heterocycles. The molecule has 1 N–H and O–H groups in total. The van der Waals surface area contributed by atoms with E-state index in [1.807, 2.05) is 6.08 Å². The van der Waals surface area contributed by atoms with E-state index < -0.39 is 8.32 Å². The van der Waals surface area contributed by atoms with Crippen LogP contribution in [0.15, 0.2) is 12.2 Å². The lowest BCUT2D eigenvalue weighted by molar-refractivity contribution is 0.202. The summed E-state index contributed by atoms with van der Waals surface area (Å²) in [6, 6.07) is 0. The van der Waals surface area contributed by atoms with Gasteiger partial charge in [0.2, 0.25) is 0 Å². The Labute approximate surface area is 95.5 Å². The third-order valence-electron chi connectivity index (χ3n) is 3.04. The molecule has 0 amide bonds. The third-order valence-corrected chi connectivity index (χ3v) is 7.65. The molecule has 0 spiro atoms. The lowest BCUT2D eigenvalue weighted by Crippen LogP contribution is -2.43. The molecular weight excluding hydrogens is 204 g/mol. The van der Waals surface area contributed by atoms with Gasteiger partial charge in [-0.3, -0.25) is 0 Å². The standard InChI is InChI=1S/C12H26O2Si/c1-11(9-7-8-10-13)14-15(5,6)12(2,3)4/h7-8,11,13H,9-10H2,1-6H3/t11-/m1/s1. The zero-order valence-electron chi connectivity index (χ0n) is 11.0. The van der Waals surface area contributed by atoms with Crippen molar-refractivity contribution in [3.05, 3.63) is 12.2 Å². The zero-order chi connectivity index (χ0) is 12.1. The molecule has 2 nitrogen and oxygen atoms in total. The van der Waals surface area contributed by atoms with Crippen molar-refractivity contribution in [3.8, 4) is 0 Å². The highest BCUT2D eigenvalue weighted by Gasteiger charge is 2.38.